The molecule has 35 heavy (non-hydrogen) atoms. The number of nitrogens with zero attached hydrogens (tertiary/aromatic N) is 2. The van der Waals surface area contributed by atoms with Gasteiger partial charge in [-0.25, -0.2) is 9.79 Å². The Morgan fingerprint density at radius 2 is 1.89 bits per heavy atom. The van der Waals surface area contributed by atoms with Crippen molar-refractivity contribution in [2.24, 2.45) is 4.99 Å². The molecule has 0 unspecified atom stereocenters. The van der Waals surface area contributed by atoms with E-state index >= 15 is 0 Å². The first kappa shape index (κ1) is 25.1. The molecule has 0 fully saturated rings. The number of halogens is 1. The molecule has 1 aliphatic rings. The van der Waals surface area contributed by atoms with Crippen molar-refractivity contribution >= 4 is 35.0 Å². The zero-order valence-electron chi connectivity index (χ0n) is 20.1. The van der Waals surface area contributed by atoms with Gasteiger partial charge < -0.3 is 9.47 Å². The van der Waals surface area contributed by atoms with E-state index in [-0.39, 0.29) is 24.3 Å². The molecular formula is C27H27ClN2O4S. The minimum atomic E-state index is -0.750. The van der Waals surface area contributed by atoms with E-state index in [9.17, 15) is 9.59 Å². The highest BCUT2D eigenvalue weighted by Crippen LogP contribution is 2.34. The topological polar surface area (TPSA) is 69.9 Å². The zero-order chi connectivity index (χ0) is 25.1. The van der Waals surface area contributed by atoms with Crippen molar-refractivity contribution in [3.8, 4) is 0 Å². The van der Waals surface area contributed by atoms with Crippen LogP contribution in [-0.4, -0.2) is 30.9 Å². The van der Waals surface area contributed by atoms with Crippen molar-refractivity contribution in [2.75, 3.05) is 20.3 Å². The first-order valence-corrected chi connectivity index (χ1v) is 12.5. The van der Waals surface area contributed by atoms with Crippen LogP contribution in [0.5, 0.6) is 0 Å². The van der Waals surface area contributed by atoms with E-state index < -0.39 is 12.0 Å². The second-order valence-electron chi connectivity index (χ2n) is 8.55. The molecule has 0 amide bonds. The summed E-state index contributed by atoms with van der Waals surface area (Å²) in [7, 11) is 1.53. The molecule has 0 saturated carbocycles. The van der Waals surface area contributed by atoms with E-state index in [4.69, 9.17) is 21.1 Å². The molecule has 0 spiro atoms. The van der Waals surface area contributed by atoms with E-state index in [1.54, 1.807) is 17.6 Å². The second kappa shape index (κ2) is 10.7. The number of carbonyl (C=O) groups excluding carboxylic acids is 1. The summed E-state index contributed by atoms with van der Waals surface area (Å²) in [5.41, 5.74) is 3.33. The number of benzene rings is 2. The maximum absolute atomic E-state index is 13.7. The van der Waals surface area contributed by atoms with Crippen LogP contribution < -0.4 is 14.9 Å². The average Bonchev–Trinajstić information content (AvgIpc) is 3.13. The summed E-state index contributed by atoms with van der Waals surface area (Å²) in [5, 5.41) is 0.452. The Bertz CT molecular complexity index is 1450. The molecule has 8 heteroatoms. The van der Waals surface area contributed by atoms with Crippen LogP contribution in [0.1, 0.15) is 49.4 Å². The number of methoxy groups -OCH3 is 1. The van der Waals surface area contributed by atoms with Gasteiger partial charge in [-0.2, -0.15) is 0 Å². The summed E-state index contributed by atoms with van der Waals surface area (Å²) in [6.45, 7) is 6.39. The van der Waals surface area contributed by atoms with Gasteiger partial charge in [0.05, 0.1) is 22.4 Å². The molecule has 6 nitrogen and oxygen atoms in total. The molecule has 2 aromatic carbocycles. The summed E-state index contributed by atoms with van der Waals surface area (Å²) >= 11 is 7.84. The van der Waals surface area contributed by atoms with Crippen molar-refractivity contribution in [3.05, 3.63) is 101 Å². The smallest absolute Gasteiger partial charge is 0.338 e. The Hall–Kier alpha value is -3.00. The van der Waals surface area contributed by atoms with Gasteiger partial charge in [0.15, 0.2) is 4.80 Å². The van der Waals surface area contributed by atoms with Crippen molar-refractivity contribution in [3.63, 3.8) is 0 Å². The quantitative estimate of drug-likeness (QED) is 0.353. The molecule has 2 heterocycles. The SMILES string of the molecule is COCCOC(=O)C1=C(C)N=c2s/c(=C\c3ccc(C(C)C)cc3)c(=O)n2[C@H]1c1ccccc1Cl. The van der Waals surface area contributed by atoms with Gasteiger partial charge in [-0.3, -0.25) is 9.36 Å². The lowest BCUT2D eigenvalue weighted by atomic mass is 9.96. The molecule has 4 rings (SSSR count). The fourth-order valence-corrected chi connectivity index (χ4v) is 5.28. The Balaban J connectivity index is 1.86. The lowest BCUT2D eigenvalue weighted by Gasteiger charge is -2.25. The third-order valence-electron chi connectivity index (χ3n) is 5.86. The number of hydrogen-bond donors (Lipinski definition) is 0. The summed E-state index contributed by atoms with van der Waals surface area (Å²) < 4.78 is 12.5. The first-order chi connectivity index (χ1) is 16.8. The summed E-state index contributed by atoms with van der Waals surface area (Å²) in [6, 6.07) is 14.6. The molecule has 1 aromatic heterocycles. The maximum Gasteiger partial charge on any atom is 0.338 e. The summed E-state index contributed by atoms with van der Waals surface area (Å²) in [6.07, 6.45) is 1.85. The van der Waals surface area contributed by atoms with Crippen molar-refractivity contribution in [2.45, 2.75) is 32.7 Å². The predicted molar refractivity (Wildman–Crippen MR) is 139 cm³/mol. The fraction of sp³-hybridized carbons (Fsp3) is 0.296. The molecule has 1 atom stereocenters. The van der Waals surface area contributed by atoms with E-state index in [2.05, 4.69) is 31.0 Å². The van der Waals surface area contributed by atoms with Gasteiger partial charge in [-0.05, 0) is 41.7 Å². The molecular weight excluding hydrogens is 484 g/mol. The van der Waals surface area contributed by atoms with Gasteiger partial charge in [0, 0.05) is 12.1 Å². The van der Waals surface area contributed by atoms with E-state index in [1.165, 1.54) is 24.0 Å². The van der Waals surface area contributed by atoms with Crippen LogP contribution in [0, 0.1) is 0 Å². The van der Waals surface area contributed by atoms with Crippen LogP contribution >= 0.6 is 22.9 Å². The Morgan fingerprint density at radius 1 is 1.17 bits per heavy atom. The monoisotopic (exact) mass is 510 g/mol. The van der Waals surface area contributed by atoms with Gasteiger partial charge in [-0.15, -0.1) is 0 Å². The predicted octanol–water partition coefficient (Wildman–Crippen LogP) is 4.20. The summed E-state index contributed by atoms with van der Waals surface area (Å²) in [4.78, 5) is 31.9. The minimum absolute atomic E-state index is 0.0954. The van der Waals surface area contributed by atoms with Gasteiger partial charge in [0.2, 0.25) is 0 Å². The number of rotatable bonds is 7. The molecule has 0 saturated heterocycles. The van der Waals surface area contributed by atoms with Crippen molar-refractivity contribution in [1.29, 1.82) is 0 Å². The average molecular weight is 511 g/mol. The van der Waals surface area contributed by atoms with Gasteiger partial charge in [-0.1, -0.05) is 79.2 Å². The molecule has 3 aromatic rings. The molecule has 0 N–H and O–H groups in total. The minimum Gasteiger partial charge on any atom is -0.460 e. The fourth-order valence-electron chi connectivity index (χ4n) is 4.00. The highest BCUT2D eigenvalue weighted by Gasteiger charge is 2.34. The van der Waals surface area contributed by atoms with E-state index in [0.29, 0.717) is 31.5 Å². The molecule has 1 aliphatic heterocycles. The molecule has 0 radical (unpaired) electrons. The van der Waals surface area contributed by atoms with Crippen LogP contribution in [-0.2, 0) is 14.3 Å². The third-order valence-corrected chi connectivity index (χ3v) is 7.19. The standard InChI is InChI=1S/C27H27ClN2O4S/c1-16(2)19-11-9-18(10-12-19)15-22-25(31)30-24(20-7-5-6-8-21(20)28)23(17(3)29-27(30)35-22)26(32)34-14-13-33-4/h5-12,15-16,24H,13-14H2,1-4H3/b22-15-/t24-/m0/s1. The first-order valence-electron chi connectivity index (χ1n) is 11.3. The third kappa shape index (κ3) is 5.17. The number of fused-ring (bicyclic) bond motifs is 1. The zero-order valence-corrected chi connectivity index (χ0v) is 21.7. The largest absolute Gasteiger partial charge is 0.460 e. The number of thiazole rings is 1. The molecule has 0 bridgehead atoms. The van der Waals surface area contributed by atoms with Crippen molar-refractivity contribution < 1.29 is 14.3 Å². The number of esters is 1. The molecule has 0 aliphatic carbocycles. The number of hydrogen-bond acceptors (Lipinski definition) is 6. The van der Waals surface area contributed by atoms with Gasteiger partial charge >= 0.3 is 5.97 Å². The van der Waals surface area contributed by atoms with Crippen LogP contribution in [0.4, 0.5) is 0 Å². The number of carbonyl (C=O) groups is 1. The maximum atomic E-state index is 13.7. The lowest BCUT2D eigenvalue weighted by Crippen LogP contribution is -2.40. The Labute approximate surface area is 212 Å². The number of ether oxygens (including phenoxy) is 2. The lowest BCUT2D eigenvalue weighted by molar-refractivity contribution is -0.140. The summed E-state index contributed by atoms with van der Waals surface area (Å²) in [5.74, 6) is -0.123. The number of allylic oxidation sites excluding steroid dienone is 1. The highest BCUT2D eigenvalue weighted by molar-refractivity contribution is 7.07. The Kier molecular flexibility index (Phi) is 7.69. The van der Waals surface area contributed by atoms with Crippen LogP contribution in [0.2, 0.25) is 5.02 Å². The second-order valence-corrected chi connectivity index (χ2v) is 9.97. The van der Waals surface area contributed by atoms with Gasteiger partial charge in [0.25, 0.3) is 5.56 Å². The van der Waals surface area contributed by atoms with E-state index in [1.807, 2.05) is 36.4 Å². The Morgan fingerprint density at radius 3 is 2.54 bits per heavy atom. The molecule has 182 valence electrons. The van der Waals surface area contributed by atoms with Crippen molar-refractivity contribution in [1.82, 2.24) is 4.57 Å². The highest BCUT2D eigenvalue weighted by atomic mass is 35.5. The normalized spacial score (nSPS) is 15.8. The van der Waals surface area contributed by atoms with Crippen LogP contribution in [0.3, 0.4) is 0 Å². The van der Waals surface area contributed by atoms with E-state index in [0.717, 1.165) is 5.56 Å². The van der Waals surface area contributed by atoms with Crippen LogP contribution in [0.25, 0.3) is 6.08 Å². The number of aromatic nitrogens is 1. The van der Waals surface area contributed by atoms with Gasteiger partial charge in [0.1, 0.15) is 12.6 Å². The van der Waals surface area contributed by atoms with Crippen LogP contribution in [0.15, 0.2) is 69.6 Å².